The van der Waals surface area contributed by atoms with Crippen LogP contribution in [0.3, 0.4) is 0 Å². The lowest BCUT2D eigenvalue weighted by atomic mass is 9.92. The molecular formula is C20H20ClN3O4. The maximum absolute atomic E-state index is 12.9. The van der Waals surface area contributed by atoms with Crippen LogP contribution in [0.2, 0.25) is 5.02 Å². The number of hydrogen-bond donors (Lipinski definition) is 2. The van der Waals surface area contributed by atoms with E-state index < -0.39 is 29.9 Å². The fourth-order valence-electron chi connectivity index (χ4n) is 3.02. The molecule has 2 N–H and O–H groups in total. The number of halogens is 1. The van der Waals surface area contributed by atoms with E-state index in [0.29, 0.717) is 22.0 Å². The molecule has 1 aliphatic heterocycles. The molecule has 0 bridgehead atoms. The molecule has 8 heteroatoms. The van der Waals surface area contributed by atoms with Gasteiger partial charge in [0.2, 0.25) is 5.91 Å². The van der Waals surface area contributed by atoms with Crippen LogP contribution >= 0.6 is 11.6 Å². The Labute approximate surface area is 167 Å². The van der Waals surface area contributed by atoms with Crippen molar-refractivity contribution < 1.29 is 19.1 Å². The number of benzene rings is 2. The summed E-state index contributed by atoms with van der Waals surface area (Å²) >= 11 is 5.95. The number of anilines is 1. The second kappa shape index (κ2) is 7.52. The number of carbonyl (C=O) groups excluding carboxylic acids is 3. The number of ether oxygens (including phenoxy) is 1. The van der Waals surface area contributed by atoms with E-state index in [4.69, 9.17) is 16.3 Å². The van der Waals surface area contributed by atoms with Gasteiger partial charge in [-0.2, -0.15) is 0 Å². The highest BCUT2D eigenvalue weighted by atomic mass is 35.5. The largest absolute Gasteiger partial charge is 0.497 e. The Balaban J connectivity index is 1.75. The van der Waals surface area contributed by atoms with Crippen LogP contribution in [0.1, 0.15) is 18.1 Å². The van der Waals surface area contributed by atoms with Crippen molar-refractivity contribution in [1.82, 2.24) is 10.2 Å². The van der Waals surface area contributed by atoms with Gasteiger partial charge in [-0.05, 0) is 49.2 Å². The van der Waals surface area contributed by atoms with Crippen molar-refractivity contribution in [1.29, 1.82) is 0 Å². The molecule has 1 aliphatic rings. The van der Waals surface area contributed by atoms with E-state index in [1.807, 2.05) is 6.92 Å². The first kappa shape index (κ1) is 19.7. The minimum atomic E-state index is -1.25. The lowest BCUT2D eigenvalue weighted by molar-refractivity contribution is -0.133. The Kier molecular flexibility index (Phi) is 5.29. The topological polar surface area (TPSA) is 87.7 Å². The first-order chi connectivity index (χ1) is 13.2. The number of imide groups is 1. The van der Waals surface area contributed by atoms with Crippen LogP contribution in [0.4, 0.5) is 10.5 Å². The first-order valence-electron chi connectivity index (χ1n) is 8.59. The van der Waals surface area contributed by atoms with Gasteiger partial charge < -0.3 is 15.4 Å². The third-order valence-electron chi connectivity index (χ3n) is 4.72. The molecule has 0 spiro atoms. The lowest BCUT2D eigenvalue weighted by Crippen LogP contribution is -2.42. The van der Waals surface area contributed by atoms with Gasteiger partial charge in [0, 0.05) is 10.7 Å². The number of methoxy groups -OCH3 is 1. The van der Waals surface area contributed by atoms with Crippen molar-refractivity contribution in [3.05, 3.63) is 58.6 Å². The van der Waals surface area contributed by atoms with E-state index in [-0.39, 0.29) is 0 Å². The normalized spacial score (nSPS) is 18.8. The van der Waals surface area contributed by atoms with Crippen LogP contribution in [0, 0.1) is 6.92 Å². The molecule has 4 amide bonds. The van der Waals surface area contributed by atoms with Gasteiger partial charge in [-0.3, -0.25) is 14.5 Å². The van der Waals surface area contributed by atoms with Crippen LogP contribution in [0.5, 0.6) is 5.75 Å². The summed E-state index contributed by atoms with van der Waals surface area (Å²) in [6.07, 6.45) is 0. The average Bonchev–Trinajstić information content (AvgIpc) is 2.89. The summed E-state index contributed by atoms with van der Waals surface area (Å²) in [5, 5.41) is 5.83. The van der Waals surface area contributed by atoms with E-state index in [1.165, 1.54) is 0 Å². The van der Waals surface area contributed by atoms with E-state index in [9.17, 15) is 14.4 Å². The maximum atomic E-state index is 12.9. The average molecular weight is 402 g/mol. The molecule has 1 unspecified atom stereocenters. The van der Waals surface area contributed by atoms with Crippen molar-refractivity contribution in [3.8, 4) is 5.75 Å². The van der Waals surface area contributed by atoms with Crippen LogP contribution < -0.4 is 15.4 Å². The van der Waals surface area contributed by atoms with Crippen LogP contribution in [-0.2, 0) is 15.1 Å². The molecule has 1 atom stereocenters. The minimum Gasteiger partial charge on any atom is -0.497 e. The van der Waals surface area contributed by atoms with Crippen molar-refractivity contribution in [2.24, 2.45) is 0 Å². The molecule has 3 rings (SSSR count). The standard InChI is InChI=1S/C20H20ClN3O4/c1-12-4-7-14(21)10-16(12)22-17(25)11-24-18(26)20(2,23-19(24)27)13-5-8-15(28-3)9-6-13/h4-10H,11H2,1-3H3,(H,22,25)(H,23,27). The van der Waals surface area contributed by atoms with Crippen molar-refractivity contribution in [2.45, 2.75) is 19.4 Å². The fourth-order valence-corrected chi connectivity index (χ4v) is 3.19. The van der Waals surface area contributed by atoms with Gasteiger partial charge >= 0.3 is 6.03 Å². The molecule has 1 fully saturated rings. The number of carbonyl (C=O) groups is 3. The Morgan fingerprint density at radius 2 is 1.89 bits per heavy atom. The quantitative estimate of drug-likeness (QED) is 0.754. The first-order valence-corrected chi connectivity index (χ1v) is 8.97. The number of rotatable bonds is 5. The van der Waals surface area contributed by atoms with E-state index >= 15 is 0 Å². The Morgan fingerprint density at radius 1 is 1.21 bits per heavy atom. The monoisotopic (exact) mass is 401 g/mol. The molecule has 0 aliphatic carbocycles. The van der Waals surface area contributed by atoms with E-state index in [2.05, 4.69) is 10.6 Å². The number of hydrogen-bond acceptors (Lipinski definition) is 4. The SMILES string of the molecule is COc1ccc(C2(C)NC(=O)N(CC(=O)Nc3cc(Cl)ccc3C)C2=O)cc1. The molecular weight excluding hydrogens is 382 g/mol. The van der Waals surface area contributed by atoms with E-state index in [0.717, 1.165) is 10.5 Å². The molecule has 0 aromatic heterocycles. The highest BCUT2D eigenvalue weighted by molar-refractivity contribution is 6.31. The Hall–Kier alpha value is -3.06. The Bertz CT molecular complexity index is 945. The van der Waals surface area contributed by atoms with Gasteiger partial charge in [-0.25, -0.2) is 4.79 Å². The summed E-state index contributed by atoms with van der Waals surface area (Å²) in [5.74, 6) is -0.356. The van der Waals surface area contributed by atoms with Gasteiger partial charge in [0.15, 0.2) is 0 Å². The van der Waals surface area contributed by atoms with Gasteiger partial charge in [0.1, 0.15) is 17.8 Å². The van der Waals surface area contributed by atoms with Gasteiger partial charge in [-0.1, -0.05) is 29.8 Å². The zero-order valence-electron chi connectivity index (χ0n) is 15.7. The summed E-state index contributed by atoms with van der Waals surface area (Å²) in [4.78, 5) is 38.6. The molecule has 146 valence electrons. The predicted octanol–water partition coefficient (Wildman–Crippen LogP) is 3.06. The predicted molar refractivity (Wildman–Crippen MR) is 105 cm³/mol. The third kappa shape index (κ3) is 3.66. The van der Waals surface area contributed by atoms with Crippen LogP contribution in [0.25, 0.3) is 0 Å². The highest BCUT2D eigenvalue weighted by Gasteiger charge is 2.49. The van der Waals surface area contributed by atoms with Crippen LogP contribution in [-0.4, -0.2) is 36.4 Å². The number of nitrogens with one attached hydrogen (secondary N) is 2. The number of aryl methyl sites for hydroxylation is 1. The molecule has 0 radical (unpaired) electrons. The summed E-state index contributed by atoms with van der Waals surface area (Å²) in [5.41, 5.74) is 0.691. The third-order valence-corrected chi connectivity index (χ3v) is 4.95. The zero-order valence-corrected chi connectivity index (χ0v) is 16.5. The molecule has 1 heterocycles. The smallest absolute Gasteiger partial charge is 0.325 e. The summed E-state index contributed by atoms with van der Waals surface area (Å²) < 4.78 is 5.12. The van der Waals surface area contributed by atoms with Crippen LogP contribution in [0.15, 0.2) is 42.5 Å². The van der Waals surface area contributed by atoms with Gasteiger partial charge in [0.05, 0.1) is 7.11 Å². The number of urea groups is 1. The van der Waals surface area contributed by atoms with E-state index in [1.54, 1.807) is 56.5 Å². The molecule has 7 nitrogen and oxygen atoms in total. The van der Waals surface area contributed by atoms with Gasteiger partial charge in [-0.15, -0.1) is 0 Å². The molecule has 2 aromatic carbocycles. The second-order valence-corrected chi connectivity index (χ2v) is 7.12. The summed E-state index contributed by atoms with van der Waals surface area (Å²) in [6, 6.07) is 11.3. The molecule has 28 heavy (non-hydrogen) atoms. The maximum Gasteiger partial charge on any atom is 0.325 e. The van der Waals surface area contributed by atoms with Gasteiger partial charge in [0.25, 0.3) is 5.91 Å². The summed E-state index contributed by atoms with van der Waals surface area (Å²) in [6.45, 7) is 3.02. The van der Waals surface area contributed by atoms with Crippen molar-refractivity contribution in [3.63, 3.8) is 0 Å². The van der Waals surface area contributed by atoms with Crippen molar-refractivity contribution >= 4 is 35.1 Å². The molecule has 1 saturated heterocycles. The number of nitrogens with zero attached hydrogens (tertiary/aromatic N) is 1. The second-order valence-electron chi connectivity index (χ2n) is 6.68. The zero-order chi connectivity index (χ0) is 20.5. The fraction of sp³-hybridized carbons (Fsp3) is 0.250. The number of amides is 4. The lowest BCUT2D eigenvalue weighted by Gasteiger charge is -2.22. The minimum absolute atomic E-state index is 0.400. The molecule has 2 aromatic rings. The molecule has 0 saturated carbocycles. The summed E-state index contributed by atoms with van der Waals surface area (Å²) in [7, 11) is 1.54. The Morgan fingerprint density at radius 3 is 2.54 bits per heavy atom. The van der Waals surface area contributed by atoms with Crippen molar-refractivity contribution in [2.75, 3.05) is 19.0 Å². The highest BCUT2D eigenvalue weighted by Crippen LogP contribution is 2.30.